The van der Waals surface area contributed by atoms with Crippen LogP contribution in [0.4, 0.5) is 5.00 Å². The summed E-state index contributed by atoms with van der Waals surface area (Å²) in [6, 6.07) is 1.97. The SMILES string of the molecule is C[C@H]1CC[C@@H](C(N)=O)CN1Cc1csc([N+](=O)[O-])c1. The van der Waals surface area contributed by atoms with Crippen molar-refractivity contribution in [1.82, 2.24) is 4.90 Å². The fraction of sp³-hybridized carbons (Fsp3) is 0.583. The molecular formula is C12H17N3O3S. The lowest BCUT2D eigenvalue weighted by molar-refractivity contribution is -0.380. The van der Waals surface area contributed by atoms with Crippen molar-refractivity contribution in [2.24, 2.45) is 11.7 Å². The molecule has 6 nitrogen and oxygen atoms in total. The maximum absolute atomic E-state index is 11.3. The van der Waals surface area contributed by atoms with E-state index >= 15 is 0 Å². The molecule has 1 aliphatic heterocycles. The third-order valence-corrected chi connectivity index (χ3v) is 4.55. The molecule has 0 spiro atoms. The van der Waals surface area contributed by atoms with Crippen molar-refractivity contribution in [3.8, 4) is 0 Å². The summed E-state index contributed by atoms with van der Waals surface area (Å²) in [6.45, 7) is 3.38. The Morgan fingerprint density at radius 3 is 2.95 bits per heavy atom. The highest BCUT2D eigenvalue weighted by Gasteiger charge is 2.28. The molecule has 104 valence electrons. The lowest BCUT2D eigenvalue weighted by Gasteiger charge is -2.36. The topological polar surface area (TPSA) is 89.5 Å². The smallest absolute Gasteiger partial charge is 0.324 e. The van der Waals surface area contributed by atoms with Crippen molar-refractivity contribution in [3.05, 3.63) is 27.1 Å². The van der Waals surface area contributed by atoms with E-state index in [4.69, 9.17) is 5.73 Å². The van der Waals surface area contributed by atoms with Gasteiger partial charge in [-0.05, 0) is 25.3 Å². The summed E-state index contributed by atoms with van der Waals surface area (Å²) < 4.78 is 0. The van der Waals surface area contributed by atoms with Crippen LogP contribution in [-0.4, -0.2) is 28.3 Å². The number of rotatable bonds is 4. The van der Waals surface area contributed by atoms with Gasteiger partial charge >= 0.3 is 5.00 Å². The molecule has 0 unspecified atom stereocenters. The normalized spacial score (nSPS) is 24.3. The second kappa shape index (κ2) is 5.66. The molecule has 1 aromatic rings. The van der Waals surface area contributed by atoms with Gasteiger partial charge in [-0.15, -0.1) is 0 Å². The van der Waals surface area contributed by atoms with Gasteiger partial charge in [0.2, 0.25) is 5.91 Å². The quantitative estimate of drug-likeness (QED) is 0.673. The predicted octanol–water partition coefficient (Wildman–Crippen LogP) is 1.74. The van der Waals surface area contributed by atoms with Crippen molar-refractivity contribution in [1.29, 1.82) is 0 Å². The maximum atomic E-state index is 11.3. The van der Waals surface area contributed by atoms with Gasteiger partial charge in [0, 0.05) is 30.6 Å². The zero-order chi connectivity index (χ0) is 14.0. The first-order valence-electron chi connectivity index (χ1n) is 6.22. The van der Waals surface area contributed by atoms with Crippen LogP contribution in [0.15, 0.2) is 11.4 Å². The third kappa shape index (κ3) is 3.30. The number of piperidine rings is 1. The van der Waals surface area contributed by atoms with E-state index in [9.17, 15) is 14.9 Å². The van der Waals surface area contributed by atoms with E-state index < -0.39 is 0 Å². The Hall–Kier alpha value is -1.47. The predicted molar refractivity (Wildman–Crippen MR) is 72.8 cm³/mol. The van der Waals surface area contributed by atoms with Gasteiger partial charge in [0.05, 0.1) is 10.8 Å². The molecule has 1 saturated heterocycles. The number of thiophene rings is 1. The summed E-state index contributed by atoms with van der Waals surface area (Å²) in [4.78, 5) is 23.7. The van der Waals surface area contributed by atoms with E-state index in [0.29, 0.717) is 19.1 Å². The van der Waals surface area contributed by atoms with Gasteiger partial charge in [0.15, 0.2) is 0 Å². The van der Waals surface area contributed by atoms with Gasteiger partial charge in [-0.3, -0.25) is 19.8 Å². The molecule has 2 N–H and O–H groups in total. The number of carbonyl (C=O) groups excluding carboxylic acids is 1. The molecule has 0 aliphatic carbocycles. The number of primary amides is 1. The summed E-state index contributed by atoms with van der Waals surface area (Å²) in [5.41, 5.74) is 6.28. The summed E-state index contributed by atoms with van der Waals surface area (Å²) in [5, 5.41) is 12.6. The number of likely N-dealkylation sites (tertiary alicyclic amines) is 1. The Balaban J connectivity index is 2.03. The molecule has 1 aliphatic rings. The molecular weight excluding hydrogens is 266 g/mol. The third-order valence-electron chi connectivity index (χ3n) is 3.62. The monoisotopic (exact) mass is 283 g/mol. The van der Waals surface area contributed by atoms with Crippen molar-refractivity contribution in [2.75, 3.05) is 6.54 Å². The molecule has 19 heavy (non-hydrogen) atoms. The van der Waals surface area contributed by atoms with Gasteiger partial charge in [-0.25, -0.2) is 0 Å². The fourth-order valence-electron chi connectivity index (χ4n) is 2.41. The van der Waals surface area contributed by atoms with Crippen LogP contribution in [0.5, 0.6) is 0 Å². The Labute approximate surface area is 115 Å². The van der Waals surface area contributed by atoms with Crippen LogP contribution in [0.3, 0.4) is 0 Å². The van der Waals surface area contributed by atoms with Crippen molar-refractivity contribution >= 4 is 22.2 Å². The first-order valence-corrected chi connectivity index (χ1v) is 7.10. The minimum absolute atomic E-state index is 0.107. The summed E-state index contributed by atoms with van der Waals surface area (Å²) in [5.74, 6) is -0.363. The van der Waals surface area contributed by atoms with Crippen LogP contribution in [0.1, 0.15) is 25.3 Å². The molecule has 0 saturated carbocycles. The first kappa shape index (κ1) is 14.0. The van der Waals surface area contributed by atoms with Crippen LogP contribution in [0.2, 0.25) is 0 Å². The molecule has 2 heterocycles. The van der Waals surface area contributed by atoms with Gasteiger partial charge in [-0.2, -0.15) is 0 Å². The molecule has 0 bridgehead atoms. The Bertz CT molecular complexity index is 488. The Morgan fingerprint density at radius 2 is 2.37 bits per heavy atom. The highest BCUT2D eigenvalue weighted by molar-refractivity contribution is 7.13. The van der Waals surface area contributed by atoms with Crippen LogP contribution in [0, 0.1) is 16.0 Å². The lowest BCUT2D eigenvalue weighted by atomic mass is 9.92. The molecule has 0 radical (unpaired) electrons. The molecule has 1 aromatic heterocycles. The largest absolute Gasteiger partial charge is 0.369 e. The molecule has 1 amide bonds. The summed E-state index contributed by atoms with van der Waals surface area (Å²) in [7, 11) is 0. The minimum atomic E-state index is -0.375. The molecule has 7 heteroatoms. The van der Waals surface area contributed by atoms with Crippen LogP contribution in [0.25, 0.3) is 0 Å². The van der Waals surface area contributed by atoms with Crippen molar-refractivity contribution < 1.29 is 9.72 Å². The second-order valence-corrected chi connectivity index (χ2v) is 5.90. The second-order valence-electron chi connectivity index (χ2n) is 5.01. The minimum Gasteiger partial charge on any atom is -0.369 e. The van der Waals surface area contributed by atoms with Gasteiger partial charge in [0.1, 0.15) is 0 Å². The standard InChI is InChI=1S/C12H17N3O3S/c1-8-2-3-10(12(13)16)6-14(8)5-9-4-11(15(17)18)19-7-9/h4,7-8,10H,2-3,5-6H2,1H3,(H2,13,16)/t8-,10+/m0/s1. The number of nitro groups is 1. The van der Waals surface area contributed by atoms with Crippen molar-refractivity contribution in [3.63, 3.8) is 0 Å². The van der Waals surface area contributed by atoms with Crippen LogP contribution in [-0.2, 0) is 11.3 Å². The average molecular weight is 283 g/mol. The summed E-state index contributed by atoms with van der Waals surface area (Å²) in [6.07, 6.45) is 1.76. The number of hydrogen-bond acceptors (Lipinski definition) is 5. The van der Waals surface area contributed by atoms with E-state index in [2.05, 4.69) is 11.8 Å². The number of amides is 1. The fourth-order valence-corrected chi connectivity index (χ4v) is 3.13. The number of carbonyl (C=O) groups is 1. The van der Waals surface area contributed by atoms with Gasteiger partial charge in [0.25, 0.3) is 0 Å². The van der Waals surface area contributed by atoms with Crippen molar-refractivity contribution in [2.45, 2.75) is 32.4 Å². The number of nitrogens with two attached hydrogens (primary N) is 1. The van der Waals surface area contributed by atoms with E-state index in [0.717, 1.165) is 29.7 Å². The zero-order valence-electron chi connectivity index (χ0n) is 10.7. The van der Waals surface area contributed by atoms with Crippen LogP contribution < -0.4 is 5.73 Å². The molecule has 2 rings (SSSR count). The van der Waals surface area contributed by atoms with E-state index in [1.54, 1.807) is 11.4 Å². The first-order chi connectivity index (χ1) is 8.97. The van der Waals surface area contributed by atoms with E-state index in [1.165, 1.54) is 0 Å². The summed E-state index contributed by atoms with van der Waals surface area (Å²) >= 11 is 1.14. The highest BCUT2D eigenvalue weighted by Crippen LogP contribution is 2.27. The van der Waals surface area contributed by atoms with Gasteiger partial charge in [-0.1, -0.05) is 11.3 Å². The Morgan fingerprint density at radius 1 is 1.63 bits per heavy atom. The maximum Gasteiger partial charge on any atom is 0.324 e. The molecule has 1 fully saturated rings. The van der Waals surface area contributed by atoms with E-state index in [1.807, 2.05) is 0 Å². The number of hydrogen-bond donors (Lipinski definition) is 1. The van der Waals surface area contributed by atoms with E-state index in [-0.39, 0.29) is 21.7 Å². The lowest BCUT2D eigenvalue weighted by Crippen LogP contribution is -2.45. The number of nitrogens with zero attached hydrogens (tertiary/aromatic N) is 2. The zero-order valence-corrected chi connectivity index (χ0v) is 11.6. The Kier molecular flexibility index (Phi) is 4.16. The van der Waals surface area contributed by atoms with Gasteiger partial charge < -0.3 is 5.73 Å². The van der Waals surface area contributed by atoms with Crippen LogP contribution >= 0.6 is 11.3 Å². The molecule has 0 aromatic carbocycles. The molecule has 2 atom stereocenters. The average Bonchev–Trinajstić information content (AvgIpc) is 2.80. The highest BCUT2D eigenvalue weighted by atomic mass is 32.1.